The largest absolute Gasteiger partial charge is 0.457 e. The molecule has 0 aliphatic carbocycles. The number of nitro benzene ring substituents is 1. The quantitative estimate of drug-likeness (QED) is 0.294. The van der Waals surface area contributed by atoms with Gasteiger partial charge in [-0.3, -0.25) is 19.6 Å². The number of carbonyl (C=O) groups excluding carboxylic acids is 1. The van der Waals surface area contributed by atoms with Crippen molar-refractivity contribution in [3.63, 3.8) is 0 Å². The number of aromatic nitrogens is 2. The zero-order chi connectivity index (χ0) is 17.8. The van der Waals surface area contributed by atoms with Crippen LogP contribution in [0.15, 0.2) is 59.2 Å². The summed E-state index contributed by atoms with van der Waals surface area (Å²) in [6.07, 6.45) is 4.61. The van der Waals surface area contributed by atoms with Gasteiger partial charge in [0.2, 0.25) is 5.78 Å². The van der Waals surface area contributed by atoms with Gasteiger partial charge in [0.1, 0.15) is 17.2 Å². The first-order valence-electron chi connectivity index (χ1n) is 7.67. The fraction of sp³-hybridized carbons (Fsp3) is 0.111. The molecule has 2 heterocycles. The molecule has 0 saturated heterocycles. The van der Waals surface area contributed by atoms with Gasteiger partial charge in [0.05, 0.1) is 4.92 Å². The smallest absolute Gasteiger partial charge is 0.269 e. The number of benzene rings is 1. The van der Waals surface area contributed by atoms with Gasteiger partial charge in [0.25, 0.3) is 5.69 Å². The highest BCUT2D eigenvalue weighted by molar-refractivity contribution is 6.05. The number of aryl methyl sites for hydroxylation is 1. The van der Waals surface area contributed by atoms with Crippen molar-refractivity contribution in [2.45, 2.75) is 13.5 Å². The number of non-ortho nitro benzene ring substituents is 1. The van der Waals surface area contributed by atoms with Crippen LogP contribution < -0.4 is 0 Å². The summed E-state index contributed by atoms with van der Waals surface area (Å²) in [7, 11) is 0. The van der Waals surface area contributed by atoms with Gasteiger partial charge in [-0.15, -0.1) is 0 Å². The molecule has 25 heavy (non-hydrogen) atoms. The number of hydrogen-bond donors (Lipinski definition) is 0. The molecule has 1 aromatic carbocycles. The first kappa shape index (κ1) is 16.4. The standard InChI is InChI=1S/C18H15N3O4/c1-2-20-16(11-12-19-20)17(22)9-7-15-8-10-18(25-15)13-3-5-14(6-4-13)21(23)24/h3-12H,2H2,1H3/b9-7+. The minimum absolute atomic E-state index is 0.0218. The van der Waals surface area contributed by atoms with Gasteiger partial charge in [0.15, 0.2) is 0 Å². The molecular weight excluding hydrogens is 322 g/mol. The van der Waals surface area contributed by atoms with Gasteiger partial charge in [-0.05, 0) is 49.4 Å². The highest BCUT2D eigenvalue weighted by Crippen LogP contribution is 2.25. The lowest BCUT2D eigenvalue weighted by Crippen LogP contribution is -2.07. The average Bonchev–Trinajstić information content (AvgIpc) is 3.29. The highest BCUT2D eigenvalue weighted by Gasteiger charge is 2.10. The SMILES string of the molecule is CCn1nccc1C(=O)/C=C/c1ccc(-c2ccc([N+](=O)[O-])cc2)o1. The van der Waals surface area contributed by atoms with Crippen molar-refractivity contribution in [2.24, 2.45) is 0 Å². The van der Waals surface area contributed by atoms with Gasteiger partial charge < -0.3 is 4.42 Å². The summed E-state index contributed by atoms with van der Waals surface area (Å²) in [5, 5.41) is 14.7. The second kappa shape index (κ2) is 6.96. The first-order chi connectivity index (χ1) is 12.1. The zero-order valence-corrected chi connectivity index (χ0v) is 13.5. The Morgan fingerprint density at radius 2 is 2.00 bits per heavy atom. The fourth-order valence-corrected chi connectivity index (χ4v) is 2.38. The molecule has 7 nitrogen and oxygen atoms in total. The van der Waals surface area contributed by atoms with E-state index in [4.69, 9.17) is 4.42 Å². The summed E-state index contributed by atoms with van der Waals surface area (Å²) in [5.41, 5.74) is 1.26. The van der Waals surface area contributed by atoms with E-state index in [1.165, 1.54) is 18.2 Å². The van der Waals surface area contributed by atoms with Crippen molar-refractivity contribution < 1.29 is 14.1 Å². The molecule has 0 aliphatic heterocycles. The molecule has 0 N–H and O–H groups in total. The van der Waals surface area contributed by atoms with Crippen LogP contribution in [0.5, 0.6) is 0 Å². The van der Waals surface area contributed by atoms with Crippen molar-refractivity contribution in [2.75, 3.05) is 0 Å². The predicted octanol–water partition coefficient (Wildman–Crippen LogP) is 3.97. The van der Waals surface area contributed by atoms with Gasteiger partial charge in [0, 0.05) is 30.4 Å². The molecule has 0 spiro atoms. The molecule has 3 rings (SSSR count). The fourth-order valence-electron chi connectivity index (χ4n) is 2.38. The highest BCUT2D eigenvalue weighted by atomic mass is 16.6. The lowest BCUT2D eigenvalue weighted by Gasteiger charge is -1.99. The molecule has 0 aliphatic rings. The van der Waals surface area contributed by atoms with Crippen molar-refractivity contribution >= 4 is 17.5 Å². The van der Waals surface area contributed by atoms with Crippen LogP contribution in [0.3, 0.4) is 0 Å². The van der Waals surface area contributed by atoms with E-state index in [1.54, 1.807) is 47.3 Å². The monoisotopic (exact) mass is 337 g/mol. The Morgan fingerprint density at radius 1 is 1.24 bits per heavy atom. The minimum Gasteiger partial charge on any atom is -0.457 e. The third-order valence-electron chi connectivity index (χ3n) is 3.66. The van der Waals surface area contributed by atoms with Gasteiger partial charge in [-0.2, -0.15) is 5.10 Å². The normalized spacial score (nSPS) is 11.1. The third kappa shape index (κ3) is 3.55. The number of carbonyl (C=O) groups is 1. The summed E-state index contributed by atoms with van der Waals surface area (Å²) in [5.74, 6) is 0.928. The van der Waals surface area contributed by atoms with Crippen LogP contribution in [0, 0.1) is 10.1 Å². The number of nitrogens with zero attached hydrogens (tertiary/aromatic N) is 3. The van der Waals surface area contributed by atoms with Gasteiger partial charge in [-0.1, -0.05) is 0 Å². The summed E-state index contributed by atoms with van der Waals surface area (Å²) in [6, 6.07) is 11.2. The Kier molecular flexibility index (Phi) is 4.56. The molecule has 0 bridgehead atoms. The van der Waals surface area contributed by atoms with Crippen LogP contribution in [-0.2, 0) is 6.54 Å². The molecule has 0 atom stereocenters. The molecule has 0 unspecified atom stereocenters. The van der Waals surface area contributed by atoms with Crippen molar-refractivity contribution in [3.05, 3.63) is 76.3 Å². The number of nitro groups is 1. The molecule has 7 heteroatoms. The molecule has 2 aromatic heterocycles. The Labute approximate surface area is 143 Å². The van der Waals surface area contributed by atoms with E-state index in [2.05, 4.69) is 5.10 Å². The van der Waals surface area contributed by atoms with E-state index in [0.717, 1.165) is 5.56 Å². The van der Waals surface area contributed by atoms with Crippen LogP contribution >= 0.6 is 0 Å². The molecule has 0 fully saturated rings. The number of rotatable bonds is 6. The Hall–Kier alpha value is -3.48. The topological polar surface area (TPSA) is 91.2 Å². The van der Waals surface area contributed by atoms with Crippen LogP contribution in [0.2, 0.25) is 0 Å². The second-order valence-electron chi connectivity index (χ2n) is 5.24. The number of allylic oxidation sites excluding steroid dienone is 1. The number of ketones is 1. The second-order valence-corrected chi connectivity index (χ2v) is 5.24. The van der Waals surface area contributed by atoms with Crippen molar-refractivity contribution in [1.82, 2.24) is 9.78 Å². The lowest BCUT2D eigenvalue weighted by atomic mass is 10.1. The molecule has 3 aromatic rings. The Morgan fingerprint density at radius 3 is 2.68 bits per heavy atom. The third-order valence-corrected chi connectivity index (χ3v) is 3.66. The van der Waals surface area contributed by atoms with Crippen LogP contribution in [0.1, 0.15) is 23.2 Å². The van der Waals surface area contributed by atoms with Crippen molar-refractivity contribution in [1.29, 1.82) is 0 Å². The molecule has 126 valence electrons. The zero-order valence-electron chi connectivity index (χ0n) is 13.5. The molecule has 0 amide bonds. The maximum Gasteiger partial charge on any atom is 0.269 e. The summed E-state index contributed by atoms with van der Waals surface area (Å²) in [4.78, 5) is 22.4. The Bertz CT molecular complexity index is 935. The summed E-state index contributed by atoms with van der Waals surface area (Å²) < 4.78 is 7.29. The summed E-state index contributed by atoms with van der Waals surface area (Å²) in [6.45, 7) is 2.53. The first-order valence-corrected chi connectivity index (χ1v) is 7.67. The molecular formula is C18H15N3O4. The maximum absolute atomic E-state index is 12.2. The number of furan rings is 1. The molecule has 0 radical (unpaired) electrons. The van der Waals surface area contributed by atoms with E-state index in [-0.39, 0.29) is 11.5 Å². The van der Waals surface area contributed by atoms with Crippen LogP contribution in [0.4, 0.5) is 5.69 Å². The van der Waals surface area contributed by atoms with E-state index in [9.17, 15) is 14.9 Å². The number of hydrogen-bond acceptors (Lipinski definition) is 5. The van der Waals surface area contributed by atoms with Crippen LogP contribution in [-0.4, -0.2) is 20.5 Å². The molecule has 0 saturated carbocycles. The summed E-state index contributed by atoms with van der Waals surface area (Å²) >= 11 is 0. The van der Waals surface area contributed by atoms with Crippen molar-refractivity contribution in [3.8, 4) is 11.3 Å². The average molecular weight is 337 g/mol. The maximum atomic E-state index is 12.2. The Balaban J connectivity index is 1.75. The van der Waals surface area contributed by atoms with E-state index in [1.807, 2.05) is 6.92 Å². The van der Waals surface area contributed by atoms with E-state index < -0.39 is 4.92 Å². The van der Waals surface area contributed by atoms with E-state index in [0.29, 0.717) is 23.8 Å². The van der Waals surface area contributed by atoms with E-state index >= 15 is 0 Å². The lowest BCUT2D eigenvalue weighted by molar-refractivity contribution is -0.384. The van der Waals surface area contributed by atoms with Crippen LogP contribution in [0.25, 0.3) is 17.4 Å². The minimum atomic E-state index is -0.452. The van der Waals surface area contributed by atoms with Gasteiger partial charge in [-0.25, -0.2) is 0 Å². The predicted molar refractivity (Wildman–Crippen MR) is 92.1 cm³/mol. The van der Waals surface area contributed by atoms with Gasteiger partial charge >= 0.3 is 0 Å².